The monoisotopic (exact) mass is 444 g/mol. The summed E-state index contributed by atoms with van der Waals surface area (Å²) in [6.07, 6.45) is 6.34. The fourth-order valence-electron chi connectivity index (χ4n) is 3.98. The standard InChI is InChI=1S/C24H32N2O2S2/c1-5-19(17-13-11-16(12-14-17)15(2)3)25-24(29)26-22-21(23(27)28-4)18-9-7-6-8-10-20(18)30-22/h11-15,19H,5-10H2,1-4H3,(H2,25,26,29). The van der Waals surface area contributed by atoms with Crippen molar-refractivity contribution in [2.75, 3.05) is 12.4 Å². The molecule has 0 aliphatic heterocycles. The normalized spacial score (nSPS) is 14.6. The van der Waals surface area contributed by atoms with Crippen molar-refractivity contribution in [1.82, 2.24) is 5.32 Å². The molecule has 1 aliphatic rings. The van der Waals surface area contributed by atoms with Gasteiger partial charge in [0.2, 0.25) is 0 Å². The van der Waals surface area contributed by atoms with Gasteiger partial charge in [-0.15, -0.1) is 11.3 Å². The summed E-state index contributed by atoms with van der Waals surface area (Å²) in [5, 5.41) is 8.08. The number of nitrogens with one attached hydrogen (secondary N) is 2. The zero-order valence-electron chi connectivity index (χ0n) is 18.3. The summed E-state index contributed by atoms with van der Waals surface area (Å²) >= 11 is 7.27. The first-order valence-corrected chi connectivity index (χ1v) is 12.1. The number of thiophene rings is 1. The van der Waals surface area contributed by atoms with Gasteiger partial charge in [0.1, 0.15) is 5.00 Å². The van der Waals surface area contributed by atoms with E-state index in [9.17, 15) is 4.79 Å². The Bertz CT molecular complexity index is 887. The molecule has 1 aromatic heterocycles. The maximum Gasteiger partial charge on any atom is 0.341 e. The van der Waals surface area contributed by atoms with Gasteiger partial charge in [0.05, 0.1) is 18.7 Å². The summed E-state index contributed by atoms with van der Waals surface area (Å²) in [6.45, 7) is 6.54. The van der Waals surface area contributed by atoms with Crippen LogP contribution in [0, 0.1) is 0 Å². The number of carbonyl (C=O) groups excluding carboxylic acids is 1. The lowest BCUT2D eigenvalue weighted by Crippen LogP contribution is -2.32. The van der Waals surface area contributed by atoms with E-state index in [0.29, 0.717) is 16.6 Å². The molecule has 30 heavy (non-hydrogen) atoms. The molecule has 0 amide bonds. The molecule has 0 fully saturated rings. The number of hydrogen-bond donors (Lipinski definition) is 2. The van der Waals surface area contributed by atoms with Gasteiger partial charge in [0.25, 0.3) is 0 Å². The first kappa shape index (κ1) is 22.8. The summed E-state index contributed by atoms with van der Waals surface area (Å²) in [6, 6.07) is 8.84. The molecule has 1 unspecified atom stereocenters. The van der Waals surface area contributed by atoms with Gasteiger partial charge in [0, 0.05) is 4.88 Å². The van der Waals surface area contributed by atoms with E-state index in [-0.39, 0.29) is 12.0 Å². The summed E-state index contributed by atoms with van der Waals surface area (Å²) in [4.78, 5) is 13.8. The second-order valence-corrected chi connectivity index (χ2v) is 9.65. The van der Waals surface area contributed by atoms with Gasteiger partial charge in [-0.1, -0.05) is 51.5 Å². The number of esters is 1. The molecule has 162 valence electrons. The zero-order valence-corrected chi connectivity index (χ0v) is 20.0. The fourth-order valence-corrected chi connectivity index (χ4v) is 5.57. The Morgan fingerprint density at radius 2 is 1.80 bits per heavy atom. The van der Waals surface area contributed by atoms with E-state index in [1.807, 2.05) is 0 Å². The van der Waals surface area contributed by atoms with E-state index in [1.54, 1.807) is 11.3 Å². The van der Waals surface area contributed by atoms with Crippen LogP contribution in [0.3, 0.4) is 0 Å². The van der Waals surface area contributed by atoms with Gasteiger partial charge >= 0.3 is 5.97 Å². The van der Waals surface area contributed by atoms with Crippen LogP contribution in [0.1, 0.15) is 90.3 Å². The van der Waals surface area contributed by atoms with E-state index in [0.717, 1.165) is 36.2 Å². The highest BCUT2D eigenvalue weighted by molar-refractivity contribution is 7.80. The maximum absolute atomic E-state index is 12.5. The molecule has 0 saturated carbocycles. The number of aryl methyl sites for hydroxylation is 1. The number of fused-ring (bicyclic) bond motifs is 1. The van der Waals surface area contributed by atoms with Crippen LogP contribution in [0.4, 0.5) is 5.00 Å². The first-order valence-electron chi connectivity index (χ1n) is 10.8. The molecular formula is C24H32N2O2S2. The van der Waals surface area contributed by atoms with Gasteiger partial charge in [-0.25, -0.2) is 4.79 Å². The molecule has 1 aliphatic carbocycles. The van der Waals surface area contributed by atoms with E-state index in [2.05, 4.69) is 55.7 Å². The molecule has 1 aromatic carbocycles. The number of anilines is 1. The first-order chi connectivity index (χ1) is 14.4. The van der Waals surface area contributed by atoms with Gasteiger partial charge < -0.3 is 15.4 Å². The molecule has 1 heterocycles. The van der Waals surface area contributed by atoms with Crippen molar-refractivity contribution in [3.63, 3.8) is 0 Å². The van der Waals surface area contributed by atoms with Crippen LogP contribution in [0.25, 0.3) is 0 Å². The van der Waals surface area contributed by atoms with Crippen molar-refractivity contribution >= 4 is 39.6 Å². The van der Waals surface area contributed by atoms with Gasteiger partial charge in [-0.2, -0.15) is 0 Å². The highest BCUT2D eigenvalue weighted by atomic mass is 32.1. The largest absolute Gasteiger partial charge is 0.465 e. The number of methoxy groups -OCH3 is 1. The van der Waals surface area contributed by atoms with Crippen molar-refractivity contribution in [3.8, 4) is 0 Å². The maximum atomic E-state index is 12.5. The number of ether oxygens (including phenoxy) is 1. The quantitative estimate of drug-likeness (QED) is 0.308. The van der Waals surface area contributed by atoms with Crippen LogP contribution in [-0.2, 0) is 17.6 Å². The number of hydrogen-bond acceptors (Lipinski definition) is 4. The highest BCUT2D eigenvalue weighted by Gasteiger charge is 2.26. The predicted octanol–water partition coefficient (Wildman–Crippen LogP) is 6.36. The van der Waals surface area contributed by atoms with Crippen LogP contribution in [0.5, 0.6) is 0 Å². The molecule has 2 aromatic rings. The van der Waals surface area contributed by atoms with Crippen molar-refractivity contribution in [2.24, 2.45) is 0 Å². The molecule has 0 radical (unpaired) electrons. The minimum Gasteiger partial charge on any atom is -0.465 e. The molecule has 0 spiro atoms. The summed E-state index contributed by atoms with van der Waals surface area (Å²) < 4.78 is 5.09. The third-order valence-electron chi connectivity index (χ3n) is 5.76. The van der Waals surface area contributed by atoms with Crippen molar-refractivity contribution in [3.05, 3.63) is 51.4 Å². The lowest BCUT2D eigenvalue weighted by molar-refractivity contribution is 0.0601. The predicted molar refractivity (Wildman–Crippen MR) is 130 cm³/mol. The Balaban J connectivity index is 1.77. The third-order valence-corrected chi connectivity index (χ3v) is 7.18. The topological polar surface area (TPSA) is 50.4 Å². The van der Waals surface area contributed by atoms with E-state index >= 15 is 0 Å². The number of benzene rings is 1. The van der Waals surface area contributed by atoms with Crippen molar-refractivity contribution in [1.29, 1.82) is 0 Å². The molecule has 4 nitrogen and oxygen atoms in total. The van der Waals surface area contributed by atoms with Crippen molar-refractivity contribution in [2.45, 2.75) is 71.3 Å². The van der Waals surface area contributed by atoms with Crippen LogP contribution in [0.2, 0.25) is 0 Å². The highest BCUT2D eigenvalue weighted by Crippen LogP contribution is 2.38. The van der Waals surface area contributed by atoms with E-state index < -0.39 is 0 Å². The molecule has 2 N–H and O–H groups in total. The average molecular weight is 445 g/mol. The molecule has 3 rings (SSSR count). The molecular weight excluding hydrogens is 412 g/mol. The van der Waals surface area contributed by atoms with Crippen LogP contribution in [0.15, 0.2) is 24.3 Å². The van der Waals surface area contributed by atoms with Crippen LogP contribution < -0.4 is 10.6 Å². The smallest absolute Gasteiger partial charge is 0.341 e. The summed E-state index contributed by atoms with van der Waals surface area (Å²) in [5.41, 5.74) is 4.35. The lowest BCUT2D eigenvalue weighted by atomic mass is 9.98. The molecule has 0 bridgehead atoms. The number of thiocarbonyl (C=S) groups is 1. The van der Waals surface area contributed by atoms with Gasteiger partial charge in [-0.05, 0) is 66.9 Å². The minimum atomic E-state index is -0.281. The SMILES string of the molecule is CCC(NC(=S)Nc1sc2c(c1C(=O)OC)CCCCC2)c1ccc(C(C)C)cc1. The number of rotatable bonds is 6. The molecule has 0 saturated heterocycles. The minimum absolute atomic E-state index is 0.116. The molecule has 6 heteroatoms. The van der Waals surface area contributed by atoms with Gasteiger partial charge in [-0.3, -0.25) is 0 Å². The summed E-state index contributed by atoms with van der Waals surface area (Å²) in [5.74, 6) is 0.233. The van der Waals surface area contributed by atoms with E-state index in [1.165, 1.54) is 36.0 Å². The second kappa shape index (κ2) is 10.4. The van der Waals surface area contributed by atoms with Crippen molar-refractivity contribution < 1.29 is 9.53 Å². The Morgan fingerprint density at radius 3 is 2.43 bits per heavy atom. The average Bonchev–Trinajstić information content (AvgIpc) is 2.91. The fraction of sp³-hybridized carbons (Fsp3) is 0.500. The van der Waals surface area contributed by atoms with Gasteiger partial charge in [0.15, 0.2) is 5.11 Å². The third kappa shape index (κ3) is 5.22. The van der Waals surface area contributed by atoms with Crippen LogP contribution >= 0.6 is 23.6 Å². The Kier molecular flexibility index (Phi) is 7.89. The lowest BCUT2D eigenvalue weighted by Gasteiger charge is -2.20. The Hall–Kier alpha value is -1.92. The molecule has 1 atom stereocenters. The summed E-state index contributed by atoms with van der Waals surface area (Å²) in [7, 11) is 1.44. The van der Waals surface area contributed by atoms with E-state index in [4.69, 9.17) is 17.0 Å². The second-order valence-electron chi connectivity index (χ2n) is 8.14. The zero-order chi connectivity index (χ0) is 21.7. The van der Waals surface area contributed by atoms with Crippen LogP contribution in [-0.4, -0.2) is 18.2 Å². The number of carbonyl (C=O) groups is 1. The Labute approximate surface area is 189 Å². The Morgan fingerprint density at radius 1 is 1.13 bits per heavy atom.